The zero-order valence-corrected chi connectivity index (χ0v) is 30.5. The molecule has 0 radical (unpaired) electrons. The van der Waals surface area contributed by atoms with Gasteiger partial charge >= 0.3 is 23.9 Å². The lowest BCUT2D eigenvalue weighted by Gasteiger charge is -2.38. The lowest BCUT2D eigenvalue weighted by Crippen LogP contribution is -2.60. The van der Waals surface area contributed by atoms with Crippen LogP contribution in [-0.4, -0.2) is 111 Å². The third-order valence-electron chi connectivity index (χ3n) is 8.17. The van der Waals surface area contributed by atoms with Crippen LogP contribution in [0.5, 0.6) is 0 Å². The van der Waals surface area contributed by atoms with Crippen LogP contribution in [0.15, 0.2) is 41.3 Å². The third-order valence-corrected chi connectivity index (χ3v) is 8.17. The molecule has 2 aromatic rings. The van der Waals surface area contributed by atoms with Gasteiger partial charge in [0.05, 0.1) is 5.69 Å². The van der Waals surface area contributed by atoms with Crippen LogP contribution in [0.1, 0.15) is 67.4 Å². The second-order valence-corrected chi connectivity index (χ2v) is 15.4. The summed E-state index contributed by atoms with van der Waals surface area (Å²) < 4.78 is 12.0. The maximum Gasteiger partial charge on any atom is 0.408 e. The maximum absolute atomic E-state index is 13.1. The molecule has 3 heterocycles. The Kier molecular flexibility index (Phi) is 11.8. The number of likely N-dealkylation sites (tertiary alicyclic amines) is 1. The quantitative estimate of drug-likeness (QED) is 0.374. The Morgan fingerprint density at radius 2 is 1.42 bits per heavy atom. The van der Waals surface area contributed by atoms with Crippen molar-refractivity contribution in [3.05, 3.63) is 52.6 Å². The van der Waals surface area contributed by atoms with E-state index < -0.39 is 40.6 Å². The number of carbonyl (C=O) groups excluding carboxylic acids is 4. The van der Waals surface area contributed by atoms with Gasteiger partial charge in [-0.3, -0.25) is 19.6 Å². The van der Waals surface area contributed by atoms with Crippen molar-refractivity contribution in [3.63, 3.8) is 0 Å². The molecule has 1 aromatic heterocycles. The molecule has 1 unspecified atom stereocenters. The van der Waals surface area contributed by atoms with E-state index in [1.807, 2.05) is 45.0 Å². The highest BCUT2D eigenvalue weighted by Gasteiger charge is 2.37. The molecule has 274 valence electrons. The lowest BCUT2D eigenvalue weighted by molar-refractivity contribution is -0.138. The Morgan fingerprint density at radius 1 is 0.820 bits per heavy atom. The number of anilines is 1. The molecule has 50 heavy (non-hydrogen) atoms. The minimum atomic E-state index is -1.19. The van der Waals surface area contributed by atoms with Gasteiger partial charge in [0.1, 0.15) is 22.6 Å². The molecule has 1 atom stereocenters. The number of ether oxygens (including phenoxy) is 2. The van der Waals surface area contributed by atoms with Gasteiger partial charge in [-0.25, -0.2) is 19.2 Å². The third kappa shape index (κ3) is 11.2. The summed E-state index contributed by atoms with van der Waals surface area (Å²) in [6.07, 6.45) is 1.48. The molecule has 0 bridgehead atoms. The summed E-state index contributed by atoms with van der Waals surface area (Å²) in [5.74, 6) is 0.196. The van der Waals surface area contributed by atoms with E-state index >= 15 is 0 Å². The van der Waals surface area contributed by atoms with Gasteiger partial charge in [0, 0.05) is 52.0 Å². The van der Waals surface area contributed by atoms with Gasteiger partial charge in [0.2, 0.25) is 5.91 Å². The predicted octanol–water partition coefficient (Wildman–Crippen LogP) is 3.56. The minimum Gasteiger partial charge on any atom is -0.444 e. The summed E-state index contributed by atoms with van der Waals surface area (Å²) in [6, 6.07) is 8.81. The number of nitrogens with one attached hydrogen (secondary N) is 3. The number of aromatic nitrogens is 2. The number of hydrogen-bond donors (Lipinski definition) is 3. The van der Waals surface area contributed by atoms with Crippen molar-refractivity contribution in [2.75, 3.05) is 51.1 Å². The molecule has 2 fully saturated rings. The molecule has 3 N–H and O–H groups in total. The van der Waals surface area contributed by atoms with E-state index in [2.05, 4.69) is 25.8 Å². The van der Waals surface area contributed by atoms with E-state index in [0.717, 1.165) is 31.6 Å². The van der Waals surface area contributed by atoms with Crippen LogP contribution in [-0.2, 0) is 20.8 Å². The van der Waals surface area contributed by atoms with Gasteiger partial charge < -0.3 is 29.9 Å². The van der Waals surface area contributed by atoms with E-state index in [4.69, 9.17) is 9.47 Å². The maximum atomic E-state index is 13.1. The molecule has 2 saturated heterocycles. The van der Waals surface area contributed by atoms with Crippen molar-refractivity contribution in [1.29, 1.82) is 0 Å². The van der Waals surface area contributed by atoms with Crippen LogP contribution >= 0.6 is 0 Å². The number of amides is 5. The van der Waals surface area contributed by atoms with E-state index in [1.54, 1.807) is 56.7 Å². The first kappa shape index (κ1) is 38.1. The van der Waals surface area contributed by atoms with Crippen LogP contribution in [0.4, 0.5) is 20.2 Å². The Bertz CT molecular complexity index is 1590. The normalized spacial score (nSPS) is 17.2. The standard InChI is InChI=1S/C35H52N8O7/c1-33(2,3)49-31(47)36-21-25-13-15-40(23-25)22-24-9-11-26(12-10-24)43-16-14-27(38-30(43)46)37-29(45)42-19-17-41(18-20-42)28(44)35(7,8)39-32(48)50-34(4,5)6/h9-12,14,16,25H,13,15,17-23H2,1-8H3,(H,36,47)(H,39,48)(H,37,38,45,46). The van der Waals surface area contributed by atoms with Crippen molar-refractivity contribution in [1.82, 2.24) is 34.9 Å². The molecule has 1 aromatic carbocycles. The van der Waals surface area contributed by atoms with E-state index in [1.165, 1.54) is 4.57 Å². The van der Waals surface area contributed by atoms with E-state index in [0.29, 0.717) is 18.2 Å². The average molecular weight is 697 g/mol. The average Bonchev–Trinajstić information content (AvgIpc) is 3.45. The first-order valence-corrected chi connectivity index (χ1v) is 17.0. The van der Waals surface area contributed by atoms with Crippen LogP contribution in [0.25, 0.3) is 5.69 Å². The second kappa shape index (κ2) is 15.5. The molecule has 0 saturated carbocycles. The Labute approximate surface area is 293 Å². The summed E-state index contributed by atoms with van der Waals surface area (Å²) in [5.41, 5.74) is -1.20. The van der Waals surface area contributed by atoms with Gasteiger partial charge in [0.25, 0.3) is 0 Å². The molecular formula is C35H52N8O7. The second-order valence-electron chi connectivity index (χ2n) is 15.4. The fourth-order valence-corrected chi connectivity index (χ4v) is 5.76. The first-order valence-electron chi connectivity index (χ1n) is 17.0. The molecular weight excluding hydrogens is 644 g/mol. The monoisotopic (exact) mass is 696 g/mol. The summed E-state index contributed by atoms with van der Waals surface area (Å²) in [6.45, 7) is 18.2. The number of urea groups is 1. The van der Waals surface area contributed by atoms with Crippen molar-refractivity contribution >= 4 is 29.9 Å². The van der Waals surface area contributed by atoms with Crippen molar-refractivity contribution in [3.8, 4) is 5.69 Å². The molecule has 5 amide bonds. The predicted molar refractivity (Wildman–Crippen MR) is 188 cm³/mol. The summed E-state index contributed by atoms with van der Waals surface area (Å²) in [5, 5.41) is 8.18. The first-order chi connectivity index (χ1) is 23.3. The smallest absolute Gasteiger partial charge is 0.408 e. The minimum absolute atomic E-state index is 0.124. The Hall–Kier alpha value is -4.66. The van der Waals surface area contributed by atoms with Crippen molar-refractivity contribution in [2.24, 2.45) is 5.92 Å². The highest BCUT2D eigenvalue weighted by Crippen LogP contribution is 2.20. The number of piperazine rings is 1. The number of hydrogen-bond acceptors (Lipinski definition) is 9. The van der Waals surface area contributed by atoms with E-state index in [9.17, 15) is 24.0 Å². The lowest BCUT2D eigenvalue weighted by atomic mass is 10.0. The summed E-state index contributed by atoms with van der Waals surface area (Å²) >= 11 is 0. The number of alkyl carbamates (subject to hydrolysis) is 2. The van der Waals surface area contributed by atoms with Crippen LogP contribution in [0.2, 0.25) is 0 Å². The van der Waals surface area contributed by atoms with Crippen molar-refractivity contribution in [2.45, 2.75) is 85.1 Å². The Balaban J connectivity index is 1.23. The molecule has 15 heteroatoms. The van der Waals surface area contributed by atoms with Crippen molar-refractivity contribution < 1.29 is 28.7 Å². The van der Waals surface area contributed by atoms with Gasteiger partial charge in [-0.2, -0.15) is 4.98 Å². The highest BCUT2D eigenvalue weighted by atomic mass is 16.6. The highest BCUT2D eigenvalue weighted by molar-refractivity contribution is 5.90. The van der Waals surface area contributed by atoms with E-state index in [-0.39, 0.29) is 37.9 Å². The number of carbonyl (C=O) groups is 4. The zero-order valence-electron chi connectivity index (χ0n) is 30.5. The SMILES string of the molecule is CC(C)(C)OC(=O)NCC1CCN(Cc2ccc(-n3ccc(NC(=O)N4CCN(C(=O)C(C)(C)NC(=O)OC(C)(C)C)CC4)nc3=O)cc2)C1. The van der Waals surface area contributed by atoms with Gasteiger partial charge in [-0.15, -0.1) is 0 Å². The fourth-order valence-electron chi connectivity index (χ4n) is 5.76. The molecule has 4 rings (SSSR count). The van der Waals surface area contributed by atoms with Gasteiger partial charge in [-0.1, -0.05) is 12.1 Å². The number of rotatable bonds is 8. The number of nitrogens with zero attached hydrogens (tertiary/aromatic N) is 5. The number of benzene rings is 1. The fraction of sp³-hybridized carbons (Fsp3) is 0.600. The molecule has 2 aliphatic rings. The van der Waals surface area contributed by atoms with Crippen LogP contribution in [0, 0.1) is 5.92 Å². The van der Waals surface area contributed by atoms with Gasteiger partial charge in [0.15, 0.2) is 0 Å². The van der Waals surface area contributed by atoms with Gasteiger partial charge in [-0.05, 0) is 98.0 Å². The molecule has 0 aliphatic carbocycles. The van der Waals surface area contributed by atoms with Crippen LogP contribution < -0.4 is 21.6 Å². The summed E-state index contributed by atoms with van der Waals surface area (Å²) in [7, 11) is 0. The molecule has 2 aliphatic heterocycles. The summed E-state index contributed by atoms with van der Waals surface area (Å²) in [4.78, 5) is 72.7. The largest absolute Gasteiger partial charge is 0.444 e. The van der Waals surface area contributed by atoms with Crippen LogP contribution in [0.3, 0.4) is 0 Å². The Morgan fingerprint density at radius 3 is 2.02 bits per heavy atom. The zero-order chi connectivity index (χ0) is 36.9. The molecule has 15 nitrogen and oxygen atoms in total. The topological polar surface area (TPSA) is 167 Å². The molecule has 0 spiro atoms.